The standard InChI is InChI=1S/C14H25NO2/c1-14(2,3)9-13(16)15-10-5-6-11(15)8-12(7-10)17-4/h10-12H,5-9H2,1-4H3. The Balaban J connectivity index is 2.01. The highest BCUT2D eigenvalue weighted by molar-refractivity contribution is 5.78. The molecule has 2 aliphatic rings. The normalized spacial score (nSPS) is 32.9. The van der Waals surface area contributed by atoms with Crippen molar-refractivity contribution >= 4 is 5.91 Å². The van der Waals surface area contributed by atoms with Crippen LogP contribution in [0, 0.1) is 5.41 Å². The number of fused-ring (bicyclic) bond motifs is 2. The molecule has 17 heavy (non-hydrogen) atoms. The first-order valence-electron chi connectivity index (χ1n) is 6.74. The summed E-state index contributed by atoms with van der Waals surface area (Å²) in [5.41, 5.74) is 0.0919. The van der Waals surface area contributed by atoms with Crippen molar-refractivity contribution in [2.45, 2.75) is 71.1 Å². The summed E-state index contributed by atoms with van der Waals surface area (Å²) in [6.07, 6.45) is 5.43. The lowest BCUT2D eigenvalue weighted by Crippen LogP contribution is -2.49. The lowest BCUT2D eigenvalue weighted by molar-refractivity contribution is -0.139. The highest BCUT2D eigenvalue weighted by atomic mass is 16.5. The van der Waals surface area contributed by atoms with Gasteiger partial charge in [-0.15, -0.1) is 0 Å². The molecule has 0 aromatic heterocycles. The van der Waals surface area contributed by atoms with Crippen LogP contribution in [0.3, 0.4) is 0 Å². The van der Waals surface area contributed by atoms with Crippen LogP contribution < -0.4 is 0 Å². The topological polar surface area (TPSA) is 29.5 Å². The molecule has 2 aliphatic heterocycles. The van der Waals surface area contributed by atoms with E-state index < -0.39 is 0 Å². The van der Waals surface area contributed by atoms with E-state index in [0.717, 1.165) is 12.8 Å². The molecule has 3 heteroatoms. The van der Waals surface area contributed by atoms with Crippen molar-refractivity contribution < 1.29 is 9.53 Å². The molecule has 0 radical (unpaired) electrons. The van der Waals surface area contributed by atoms with E-state index in [9.17, 15) is 4.79 Å². The number of amides is 1. The zero-order valence-corrected chi connectivity index (χ0v) is 11.5. The number of ether oxygens (including phenoxy) is 1. The van der Waals surface area contributed by atoms with E-state index in [1.807, 2.05) is 0 Å². The zero-order chi connectivity index (χ0) is 12.6. The Hall–Kier alpha value is -0.570. The molecule has 1 amide bonds. The maximum atomic E-state index is 12.4. The Kier molecular flexibility index (Phi) is 3.48. The molecule has 2 unspecified atom stereocenters. The lowest BCUT2D eigenvalue weighted by Gasteiger charge is -2.39. The van der Waals surface area contributed by atoms with E-state index in [4.69, 9.17) is 4.74 Å². The van der Waals surface area contributed by atoms with E-state index in [-0.39, 0.29) is 5.41 Å². The second-order valence-corrected chi connectivity index (χ2v) is 6.75. The summed E-state index contributed by atoms with van der Waals surface area (Å²) >= 11 is 0. The Labute approximate surface area is 105 Å². The predicted molar refractivity (Wildman–Crippen MR) is 67.8 cm³/mol. The van der Waals surface area contributed by atoms with Crippen LogP contribution in [0.5, 0.6) is 0 Å². The average molecular weight is 239 g/mol. The van der Waals surface area contributed by atoms with Crippen LogP contribution in [0.2, 0.25) is 0 Å². The molecule has 0 aromatic rings. The number of hydrogen-bond acceptors (Lipinski definition) is 2. The van der Waals surface area contributed by atoms with Gasteiger partial charge >= 0.3 is 0 Å². The highest BCUT2D eigenvalue weighted by Crippen LogP contribution is 2.38. The quantitative estimate of drug-likeness (QED) is 0.741. The zero-order valence-electron chi connectivity index (χ0n) is 11.5. The second-order valence-electron chi connectivity index (χ2n) is 6.75. The third kappa shape index (κ3) is 2.82. The van der Waals surface area contributed by atoms with Crippen LogP contribution in [0.1, 0.15) is 52.9 Å². The summed E-state index contributed by atoms with van der Waals surface area (Å²) in [5, 5.41) is 0. The molecule has 0 N–H and O–H groups in total. The van der Waals surface area contributed by atoms with Gasteiger partial charge in [-0.05, 0) is 31.1 Å². The maximum Gasteiger partial charge on any atom is 0.223 e. The fourth-order valence-electron chi connectivity index (χ4n) is 3.27. The monoisotopic (exact) mass is 239 g/mol. The molecular weight excluding hydrogens is 214 g/mol. The molecule has 2 fully saturated rings. The molecule has 2 rings (SSSR count). The Morgan fingerprint density at radius 3 is 2.18 bits per heavy atom. The van der Waals surface area contributed by atoms with Gasteiger partial charge in [0.2, 0.25) is 5.91 Å². The van der Waals surface area contributed by atoms with Gasteiger partial charge in [0.1, 0.15) is 0 Å². The average Bonchev–Trinajstić information content (AvgIpc) is 2.47. The number of carbonyl (C=O) groups excluding carboxylic acids is 1. The van der Waals surface area contributed by atoms with E-state index in [1.165, 1.54) is 12.8 Å². The van der Waals surface area contributed by atoms with Gasteiger partial charge in [-0.3, -0.25) is 4.79 Å². The Morgan fingerprint density at radius 1 is 1.24 bits per heavy atom. The lowest BCUT2D eigenvalue weighted by atomic mass is 9.90. The second kappa shape index (κ2) is 4.60. The number of hydrogen-bond donors (Lipinski definition) is 0. The van der Waals surface area contributed by atoms with Crippen molar-refractivity contribution in [2.24, 2.45) is 5.41 Å². The molecule has 2 bridgehead atoms. The van der Waals surface area contributed by atoms with Crippen molar-refractivity contribution in [3.63, 3.8) is 0 Å². The van der Waals surface area contributed by atoms with Gasteiger partial charge in [-0.2, -0.15) is 0 Å². The van der Waals surface area contributed by atoms with Crippen molar-refractivity contribution in [2.75, 3.05) is 7.11 Å². The molecule has 98 valence electrons. The van der Waals surface area contributed by atoms with Gasteiger partial charge in [-0.1, -0.05) is 20.8 Å². The molecule has 3 nitrogen and oxygen atoms in total. The minimum Gasteiger partial charge on any atom is -0.381 e. The molecule has 0 aliphatic carbocycles. The van der Waals surface area contributed by atoms with Gasteiger partial charge in [0.15, 0.2) is 0 Å². The van der Waals surface area contributed by atoms with Gasteiger partial charge < -0.3 is 9.64 Å². The first-order valence-corrected chi connectivity index (χ1v) is 6.74. The molecule has 0 aromatic carbocycles. The van der Waals surface area contributed by atoms with Crippen molar-refractivity contribution in [3.05, 3.63) is 0 Å². The first-order chi connectivity index (χ1) is 7.90. The molecule has 2 heterocycles. The minimum atomic E-state index is 0.0919. The van der Waals surface area contributed by atoms with Gasteiger partial charge in [-0.25, -0.2) is 0 Å². The fourth-order valence-corrected chi connectivity index (χ4v) is 3.27. The third-order valence-electron chi connectivity index (χ3n) is 3.99. The summed E-state index contributed by atoms with van der Waals surface area (Å²) in [5.74, 6) is 0.347. The van der Waals surface area contributed by atoms with Crippen LogP contribution in [0.4, 0.5) is 0 Å². The van der Waals surface area contributed by atoms with Crippen LogP contribution in [-0.2, 0) is 9.53 Å². The smallest absolute Gasteiger partial charge is 0.223 e. The molecule has 2 atom stereocenters. The molecular formula is C14H25NO2. The molecule has 0 spiro atoms. The van der Waals surface area contributed by atoms with Crippen LogP contribution in [-0.4, -0.2) is 36.1 Å². The van der Waals surface area contributed by atoms with E-state index in [2.05, 4.69) is 25.7 Å². The summed E-state index contributed by atoms with van der Waals surface area (Å²) < 4.78 is 5.46. The summed E-state index contributed by atoms with van der Waals surface area (Å²) in [6.45, 7) is 6.40. The van der Waals surface area contributed by atoms with Gasteiger partial charge in [0.05, 0.1) is 6.10 Å². The molecule has 2 saturated heterocycles. The summed E-state index contributed by atoms with van der Waals surface area (Å²) in [4.78, 5) is 14.5. The van der Waals surface area contributed by atoms with Crippen molar-refractivity contribution in [3.8, 4) is 0 Å². The summed E-state index contributed by atoms with van der Waals surface area (Å²) in [7, 11) is 1.79. The van der Waals surface area contributed by atoms with Crippen LogP contribution in [0.25, 0.3) is 0 Å². The number of piperidine rings is 1. The van der Waals surface area contributed by atoms with Gasteiger partial charge in [0, 0.05) is 25.6 Å². The highest BCUT2D eigenvalue weighted by Gasteiger charge is 2.43. The summed E-state index contributed by atoms with van der Waals surface area (Å²) in [6, 6.07) is 0.877. The largest absolute Gasteiger partial charge is 0.381 e. The number of nitrogens with zero attached hydrogens (tertiary/aromatic N) is 1. The van der Waals surface area contributed by atoms with Crippen molar-refractivity contribution in [1.29, 1.82) is 0 Å². The third-order valence-corrected chi connectivity index (χ3v) is 3.99. The Bertz CT molecular complexity index is 281. The Morgan fingerprint density at radius 2 is 1.76 bits per heavy atom. The minimum absolute atomic E-state index is 0.0919. The predicted octanol–water partition coefficient (Wildman–Crippen LogP) is 2.59. The molecule has 0 saturated carbocycles. The van der Waals surface area contributed by atoms with Crippen molar-refractivity contribution in [1.82, 2.24) is 4.90 Å². The van der Waals surface area contributed by atoms with Crippen LogP contribution in [0.15, 0.2) is 0 Å². The number of methoxy groups -OCH3 is 1. The number of carbonyl (C=O) groups is 1. The van der Waals surface area contributed by atoms with Gasteiger partial charge in [0.25, 0.3) is 0 Å². The number of rotatable bonds is 2. The fraction of sp³-hybridized carbons (Fsp3) is 0.929. The first kappa shape index (κ1) is 12.9. The maximum absolute atomic E-state index is 12.4. The SMILES string of the molecule is COC1CC2CCC(C1)N2C(=O)CC(C)(C)C. The van der Waals surface area contributed by atoms with E-state index >= 15 is 0 Å². The van der Waals surface area contributed by atoms with E-state index in [0.29, 0.717) is 30.5 Å². The van der Waals surface area contributed by atoms with Crippen LogP contribution >= 0.6 is 0 Å². The van der Waals surface area contributed by atoms with E-state index in [1.54, 1.807) is 7.11 Å².